The number of nitrogens with zero attached hydrogens (tertiary/aromatic N) is 1. The zero-order chi connectivity index (χ0) is 10.9. The van der Waals surface area contributed by atoms with Gasteiger partial charge in [0.15, 0.2) is 0 Å². The quantitative estimate of drug-likeness (QED) is 0.676. The molecule has 0 N–H and O–H groups in total. The second-order valence-electron chi connectivity index (χ2n) is 5.78. The summed E-state index contributed by atoms with van der Waals surface area (Å²) in [5, 5.41) is 0. The largest absolute Gasteiger partial charge is 0.309 e. The average molecular weight is 197 g/mol. The molecule has 2 heteroatoms. The minimum absolute atomic E-state index is 0.180. The van der Waals surface area contributed by atoms with Crippen LogP contribution in [0.3, 0.4) is 0 Å². The number of carbonyl (C=O) groups excluding carboxylic acids is 1. The molecule has 2 nitrogen and oxygen atoms in total. The highest BCUT2D eigenvalue weighted by atomic mass is 16.1. The van der Waals surface area contributed by atoms with Crippen molar-refractivity contribution in [1.29, 1.82) is 0 Å². The normalized spacial score (nSPS) is 32.3. The van der Waals surface area contributed by atoms with Crippen LogP contribution < -0.4 is 0 Å². The molecule has 0 amide bonds. The monoisotopic (exact) mass is 197 g/mol. The molecule has 0 spiro atoms. The maximum Gasteiger partial charge on any atom is 0.138 e. The Kier molecular flexibility index (Phi) is 3.36. The highest BCUT2D eigenvalue weighted by Crippen LogP contribution is 2.41. The summed E-state index contributed by atoms with van der Waals surface area (Å²) in [6, 6.07) is 0. The minimum Gasteiger partial charge on any atom is -0.309 e. The van der Waals surface area contributed by atoms with Gasteiger partial charge in [-0.3, -0.25) is 4.79 Å². The zero-order valence-corrected chi connectivity index (χ0v) is 10.1. The topological polar surface area (TPSA) is 20.3 Å². The maximum absolute atomic E-state index is 11.9. The highest BCUT2D eigenvalue weighted by molar-refractivity contribution is 5.83. The summed E-state index contributed by atoms with van der Waals surface area (Å²) in [7, 11) is 4.09. The molecule has 0 bridgehead atoms. The first-order valence-corrected chi connectivity index (χ1v) is 5.50. The molecule has 1 rings (SSSR count). The van der Waals surface area contributed by atoms with E-state index in [-0.39, 0.29) is 11.3 Å². The molecule has 0 unspecified atom stereocenters. The minimum atomic E-state index is 0.180. The second-order valence-corrected chi connectivity index (χ2v) is 5.78. The number of hydrogen-bond acceptors (Lipinski definition) is 2. The fourth-order valence-electron chi connectivity index (χ4n) is 2.75. The summed E-state index contributed by atoms with van der Waals surface area (Å²) >= 11 is 0. The first-order chi connectivity index (χ1) is 6.33. The Hall–Kier alpha value is -0.370. The van der Waals surface area contributed by atoms with Gasteiger partial charge in [-0.1, -0.05) is 20.8 Å². The lowest BCUT2D eigenvalue weighted by molar-refractivity contribution is -0.132. The Morgan fingerprint density at radius 3 is 2.43 bits per heavy atom. The van der Waals surface area contributed by atoms with Crippen molar-refractivity contribution in [3.05, 3.63) is 0 Å². The summed E-state index contributed by atoms with van der Waals surface area (Å²) in [5.41, 5.74) is 0.180. The lowest BCUT2D eigenvalue weighted by Gasteiger charge is -2.41. The molecule has 1 saturated carbocycles. The van der Waals surface area contributed by atoms with Crippen molar-refractivity contribution in [1.82, 2.24) is 4.90 Å². The van der Waals surface area contributed by atoms with E-state index in [1.54, 1.807) is 0 Å². The van der Waals surface area contributed by atoms with E-state index in [4.69, 9.17) is 0 Å². The first kappa shape index (κ1) is 11.7. The van der Waals surface area contributed by atoms with Crippen molar-refractivity contribution >= 4 is 5.78 Å². The standard InChI is InChI=1S/C12H23NO/c1-9-6-11(14)10(8-13(4)5)12(2,3)7-9/h9-10H,6-8H2,1-5H3/t9-,10+/m0/s1. The van der Waals surface area contributed by atoms with Crippen LogP contribution in [-0.2, 0) is 4.79 Å². The van der Waals surface area contributed by atoms with Crippen molar-refractivity contribution < 1.29 is 4.79 Å². The molecule has 0 heterocycles. The Morgan fingerprint density at radius 2 is 2.00 bits per heavy atom. The van der Waals surface area contributed by atoms with E-state index in [2.05, 4.69) is 25.7 Å². The van der Waals surface area contributed by atoms with E-state index < -0.39 is 0 Å². The molecule has 0 radical (unpaired) electrons. The van der Waals surface area contributed by atoms with Gasteiger partial charge in [0.1, 0.15) is 5.78 Å². The second kappa shape index (κ2) is 4.01. The van der Waals surface area contributed by atoms with Gasteiger partial charge in [-0.15, -0.1) is 0 Å². The van der Waals surface area contributed by atoms with Gasteiger partial charge < -0.3 is 4.90 Å². The smallest absolute Gasteiger partial charge is 0.138 e. The van der Waals surface area contributed by atoms with Crippen molar-refractivity contribution in [2.75, 3.05) is 20.6 Å². The molecular formula is C12H23NO. The summed E-state index contributed by atoms with van der Waals surface area (Å²) in [5.74, 6) is 1.26. The maximum atomic E-state index is 11.9. The first-order valence-electron chi connectivity index (χ1n) is 5.50. The van der Waals surface area contributed by atoms with Gasteiger partial charge in [0.2, 0.25) is 0 Å². The van der Waals surface area contributed by atoms with Crippen molar-refractivity contribution in [3.63, 3.8) is 0 Å². The van der Waals surface area contributed by atoms with Crippen LogP contribution in [0.15, 0.2) is 0 Å². The van der Waals surface area contributed by atoms with Gasteiger partial charge in [-0.25, -0.2) is 0 Å². The van der Waals surface area contributed by atoms with Gasteiger partial charge in [0.05, 0.1) is 0 Å². The summed E-state index contributed by atoms with van der Waals surface area (Å²) in [4.78, 5) is 14.1. The summed E-state index contributed by atoms with van der Waals surface area (Å²) < 4.78 is 0. The zero-order valence-electron chi connectivity index (χ0n) is 10.1. The number of rotatable bonds is 2. The Balaban J connectivity index is 2.75. The van der Waals surface area contributed by atoms with Crippen LogP contribution in [0.4, 0.5) is 0 Å². The Bertz CT molecular complexity index is 220. The SMILES string of the molecule is C[C@H]1CC(=O)[C@@H](CN(C)C)C(C)(C)C1. The molecule has 0 aromatic heterocycles. The van der Waals surface area contributed by atoms with Crippen molar-refractivity contribution in [2.45, 2.75) is 33.6 Å². The third-order valence-electron chi connectivity index (χ3n) is 3.30. The molecule has 14 heavy (non-hydrogen) atoms. The highest BCUT2D eigenvalue weighted by Gasteiger charge is 2.40. The van der Waals surface area contributed by atoms with E-state index in [1.807, 2.05) is 14.1 Å². The number of Topliss-reactive ketones (excluding diaryl/α,β-unsaturated/α-hetero) is 1. The van der Waals surface area contributed by atoms with Gasteiger partial charge in [-0.05, 0) is 31.8 Å². The lowest BCUT2D eigenvalue weighted by Crippen LogP contribution is -2.43. The third-order valence-corrected chi connectivity index (χ3v) is 3.30. The number of hydrogen-bond donors (Lipinski definition) is 0. The van der Waals surface area contributed by atoms with Crippen LogP contribution >= 0.6 is 0 Å². The van der Waals surface area contributed by atoms with E-state index in [0.29, 0.717) is 11.7 Å². The van der Waals surface area contributed by atoms with Crippen LogP contribution in [-0.4, -0.2) is 31.3 Å². The van der Waals surface area contributed by atoms with Crippen LogP contribution in [0.1, 0.15) is 33.6 Å². The molecule has 82 valence electrons. The average Bonchev–Trinajstić information content (AvgIpc) is 1.95. The van der Waals surface area contributed by atoms with Crippen LogP contribution in [0, 0.1) is 17.3 Å². The number of carbonyl (C=O) groups is 1. The molecule has 1 aliphatic carbocycles. The van der Waals surface area contributed by atoms with E-state index in [1.165, 1.54) is 6.42 Å². The van der Waals surface area contributed by atoms with Crippen LogP contribution in [0.5, 0.6) is 0 Å². The molecule has 0 saturated heterocycles. The Morgan fingerprint density at radius 1 is 1.43 bits per heavy atom. The van der Waals surface area contributed by atoms with E-state index in [9.17, 15) is 4.79 Å². The molecule has 2 atom stereocenters. The molecule has 1 fully saturated rings. The summed E-state index contributed by atoms with van der Waals surface area (Å²) in [6.45, 7) is 7.55. The predicted molar refractivity (Wildman–Crippen MR) is 59.2 cm³/mol. The van der Waals surface area contributed by atoms with Crippen LogP contribution in [0.2, 0.25) is 0 Å². The van der Waals surface area contributed by atoms with Gasteiger partial charge in [0.25, 0.3) is 0 Å². The predicted octanol–water partition coefficient (Wildman–Crippen LogP) is 2.19. The molecule has 0 aliphatic heterocycles. The van der Waals surface area contributed by atoms with Crippen molar-refractivity contribution in [2.24, 2.45) is 17.3 Å². The third kappa shape index (κ3) is 2.57. The summed E-state index contributed by atoms with van der Waals surface area (Å²) in [6.07, 6.45) is 1.96. The van der Waals surface area contributed by atoms with Gasteiger partial charge in [-0.2, -0.15) is 0 Å². The molecular weight excluding hydrogens is 174 g/mol. The van der Waals surface area contributed by atoms with Gasteiger partial charge >= 0.3 is 0 Å². The van der Waals surface area contributed by atoms with E-state index >= 15 is 0 Å². The molecule has 0 aromatic carbocycles. The molecule has 0 aromatic rings. The van der Waals surface area contributed by atoms with E-state index in [0.717, 1.165) is 13.0 Å². The molecule has 1 aliphatic rings. The lowest BCUT2D eigenvalue weighted by atomic mass is 9.65. The van der Waals surface area contributed by atoms with Crippen LogP contribution in [0.25, 0.3) is 0 Å². The fourth-order valence-corrected chi connectivity index (χ4v) is 2.75. The van der Waals surface area contributed by atoms with Crippen molar-refractivity contribution in [3.8, 4) is 0 Å². The Labute approximate surface area is 87.7 Å². The fraction of sp³-hybridized carbons (Fsp3) is 0.917. The number of ketones is 1. The van der Waals surface area contributed by atoms with Gasteiger partial charge in [0, 0.05) is 18.9 Å².